The number of rotatable bonds is 9. The molecule has 0 bridgehead atoms. The van der Waals surface area contributed by atoms with Gasteiger partial charge < -0.3 is 23.3 Å². The topological polar surface area (TPSA) is 142 Å². The Kier molecular flexibility index (Phi) is 8.57. The maximum Gasteiger partial charge on any atom is 0.410 e. The molecule has 2 fully saturated rings. The van der Waals surface area contributed by atoms with E-state index in [4.69, 9.17) is 14.5 Å². The molecule has 2 atom stereocenters. The molecule has 13 nitrogen and oxygen atoms in total. The first-order valence-electron chi connectivity index (χ1n) is 16.2. The number of amides is 1. The van der Waals surface area contributed by atoms with E-state index in [1.54, 1.807) is 27.7 Å². The number of nitrogens with zero attached hydrogens (tertiary/aromatic N) is 8. The summed E-state index contributed by atoms with van der Waals surface area (Å²) in [5.41, 5.74) is 3.95. The Morgan fingerprint density at radius 3 is 2.70 bits per heavy atom. The third kappa shape index (κ3) is 6.94. The van der Waals surface area contributed by atoms with Gasteiger partial charge in [-0.2, -0.15) is 5.10 Å². The van der Waals surface area contributed by atoms with Crippen LogP contribution in [0, 0.1) is 5.92 Å². The lowest BCUT2D eigenvalue weighted by Gasteiger charge is -2.33. The minimum absolute atomic E-state index is 0.217. The molecule has 2 aliphatic rings. The molecule has 0 radical (unpaired) electrons. The van der Waals surface area contributed by atoms with Gasteiger partial charge in [-0.05, 0) is 82.6 Å². The van der Waals surface area contributed by atoms with Crippen LogP contribution in [-0.4, -0.2) is 72.7 Å². The van der Waals surface area contributed by atoms with Crippen molar-refractivity contribution in [2.75, 3.05) is 13.2 Å². The normalized spacial score (nSPS) is 18.0. The zero-order valence-corrected chi connectivity index (χ0v) is 27.7. The summed E-state index contributed by atoms with van der Waals surface area (Å²) < 4.78 is 39.3. The first kappa shape index (κ1) is 31.5. The largest absolute Gasteiger partial charge is 0.444 e. The summed E-state index contributed by atoms with van der Waals surface area (Å²) in [5, 5.41) is 14.2. The number of pyridine rings is 1. The number of hydrogen-bond donors (Lipinski definition) is 1. The van der Waals surface area contributed by atoms with Crippen molar-refractivity contribution in [1.82, 2.24) is 39.1 Å². The van der Waals surface area contributed by atoms with Gasteiger partial charge in [0.2, 0.25) is 0 Å². The predicted molar refractivity (Wildman–Crippen MR) is 175 cm³/mol. The van der Waals surface area contributed by atoms with E-state index in [-0.39, 0.29) is 17.2 Å². The van der Waals surface area contributed by atoms with E-state index in [9.17, 15) is 13.6 Å². The summed E-state index contributed by atoms with van der Waals surface area (Å²) in [6.07, 6.45) is 13.4. The average Bonchev–Trinajstić information content (AvgIpc) is 3.75. The molecule has 14 heteroatoms. The van der Waals surface area contributed by atoms with Crippen LogP contribution >= 0.6 is 0 Å². The third-order valence-corrected chi connectivity index (χ3v) is 9.39. The summed E-state index contributed by atoms with van der Waals surface area (Å²) >= 11 is -2.19. The molecular formula is C33H40N8O5S. The van der Waals surface area contributed by atoms with Gasteiger partial charge >= 0.3 is 6.09 Å². The maximum atomic E-state index is 13.0. The van der Waals surface area contributed by atoms with Crippen LogP contribution in [0.15, 0.2) is 53.9 Å². The average molecular weight is 661 g/mol. The van der Waals surface area contributed by atoms with Crippen molar-refractivity contribution in [1.29, 1.82) is 0 Å². The smallest absolute Gasteiger partial charge is 0.410 e. The molecule has 248 valence electrons. The van der Waals surface area contributed by atoms with Crippen molar-refractivity contribution >= 4 is 33.7 Å². The number of imidazole rings is 1. The Bertz CT molecular complexity index is 1930. The van der Waals surface area contributed by atoms with Crippen molar-refractivity contribution in [2.24, 2.45) is 5.92 Å². The van der Waals surface area contributed by atoms with Gasteiger partial charge in [0.1, 0.15) is 16.9 Å². The summed E-state index contributed by atoms with van der Waals surface area (Å²) in [4.78, 5) is 19.9. The molecule has 1 aliphatic heterocycles. The molecule has 4 aromatic heterocycles. The van der Waals surface area contributed by atoms with Crippen LogP contribution < -0.4 is 0 Å². The first-order valence-corrected chi connectivity index (χ1v) is 17.3. The lowest BCUT2D eigenvalue weighted by atomic mass is 9.85. The highest BCUT2D eigenvalue weighted by atomic mass is 32.2. The molecule has 7 rings (SSSR count). The molecule has 5 aromatic rings. The number of fused-ring (bicyclic) bond motifs is 2. The second-order valence-corrected chi connectivity index (χ2v) is 14.5. The summed E-state index contributed by atoms with van der Waals surface area (Å²) in [6, 6.07) is 7.31. The fourth-order valence-corrected chi connectivity index (χ4v) is 6.67. The summed E-state index contributed by atoms with van der Waals surface area (Å²) in [5.74, 6) is 0.519. The lowest BCUT2D eigenvalue weighted by molar-refractivity contribution is -0.0366. The highest BCUT2D eigenvalue weighted by Crippen LogP contribution is 2.34. The number of hydrogen-bond acceptors (Lipinski definition) is 8. The number of ether oxygens (including phenoxy) is 2. The molecule has 1 aliphatic carbocycles. The van der Waals surface area contributed by atoms with Gasteiger partial charge in [0, 0.05) is 36.5 Å². The van der Waals surface area contributed by atoms with Gasteiger partial charge in [-0.25, -0.2) is 23.4 Å². The molecule has 5 heterocycles. The summed E-state index contributed by atoms with van der Waals surface area (Å²) in [7, 11) is 0. The minimum Gasteiger partial charge on any atom is -0.444 e. The molecule has 1 saturated heterocycles. The fraction of sp³-hybridized carbons (Fsp3) is 0.485. The van der Waals surface area contributed by atoms with Crippen LogP contribution in [0.2, 0.25) is 0 Å². The van der Waals surface area contributed by atoms with Crippen molar-refractivity contribution in [2.45, 2.75) is 89.1 Å². The van der Waals surface area contributed by atoms with Crippen molar-refractivity contribution < 1.29 is 23.0 Å². The van der Waals surface area contributed by atoms with Crippen LogP contribution in [0.4, 0.5) is 4.79 Å². The minimum atomic E-state index is -2.19. The van der Waals surface area contributed by atoms with E-state index >= 15 is 0 Å². The molecular weight excluding hydrogens is 620 g/mol. The Morgan fingerprint density at radius 1 is 1.13 bits per heavy atom. The first-order chi connectivity index (χ1) is 22.6. The third-order valence-electron chi connectivity index (χ3n) is 8.75. The predicted octanol–water partition coefficient (Wildman–Crippen LogP) is 5.81. The van der Waals surface area contributed by atoms with Gasteiger partial charge in [-0.3, -0.25) is 0 Å². The van der Waals surface area contributed by atoms with Crippen molar-refractivity contribution in [3.8, 4) is 11.3 Å². The monoisotopic (exact) mass is 660 g/mol. The van der Waals surface area contributed by atoms with Crippen molar-refractivity contribution in [3.05, 3.63) is 60.3 Å². The number of benzene rings is 1. The second-order valence-electron chi connectivity index (χ2n) is 13.6. The highest BCUT2D eigenvalue weighted by Gasteiger charge is 2.28. The molecule has 1 saturated carbocycles. The number of aromatic nitrogens is 7. The Balaban J connectivity index is 1.11. The van der Waals surface area contributed by atoms with Gasteiger partial charge in [0.15, 0.2) is 17.3 Å². The van der Waals surface area contributed by atoms with E-state index in [2.05, 4.69) is 15.4 Å². The Morgan fingerprint density at radius 2 is 1.98 bits per heavy atom. The molecule has 1 aromatic carbocycles. The van der Waals surface area contributed by atoms with Crippen LogP contribution in [-0.2, 0) is 33.6 Å². The van der Waals surface area contributed by atoms with E-state index in [0.29, 0.717) is 43.4 Å². The SMILES string of the molecule is CC(C)(C)OC(=O)N(Cc1ccc2nc(Cn3cc(-c4cc(S(=O)O)cc5c4cnn5C4CCCCO4)nn3)cn2c1)CC1CCC1. The second kappa shape index (κ2) is 12.8. The molecule has 1 N–H and O–H groups in total. The quantitative estimate of drug-likeness (QED) is 0.194. The van der Waals surface area contributed by atoms with Crippen LogP contribution in [0.3, 0.4) is 0 Å². The van der Waals surface area contributed by atoms with Crippen LogP contribution in [0.1, 0.15) is 76.8 Å². The van der Waals surface area contributed by atoms with Gasteiger partial charge in [0.05, 0.1) is 41.6 Å². The maximum absolute atomic E-state index is 13.0. The van der Waals surface area contributed by atoms with E-state index in [1.807, 2.05) is 60.8 Å². The fourth-order valence-electron chi connectivity index (χ4n) is 6.24. The van der Waals surface area contributed by atoms with E-state index in [0.717, 1.165) is 59.9 Å². The zero-order chi connectivity index (χ0) is 32.7. The molecule has 47 heavy (non-hydrogen) atoms. The van der Waals surface area contributed by atoms with Gasteiger partial charge in [-0.1, -0.05) is 17.7 Å². The van der Waals surface area contributed by atoms with E-state index < -0.39 is 16.7 Å². The Labute approximate surface area is 275 Å². The van der Waals surface area contributed by atoms with Gasteiger partial charge in [-0.15, -0.1) is 5.10 Å². The highest BCUT2D eigenvalue weighted by molar-refractivity contribution is 7.79. The molecule has 2 unspecified atom stereocenters. The van der Waals surface area contributed by atoms with Crippen molar-refractivity contribution in [3.63, 3.8) is 0 Å². The molecule has 1 amide bonds. The zero-order valence-electron chi connectivity index (χ0n) is 26.9. The van der Waals surface area contributed by atoms with Crippen LogP contribution in [0.25, 0.3) is 27.8 Å². The van der Waals surface area contributed by atoms with Gasteiger partial charge in [0.25, 0.3) is 0 Å². The number of carbonyl (C=O) groups excluding carboxylic acids is 1. The Hall–Kier alpha value is -4.14. The van der Waals surface area contributed by atoms with Crippen LogP contribution in [0.5, 0.6) is 0 Å². The van der Waals surface area contributed by atoms with E-state index in [1.165, 1.54) is 6.42 Å². The lowest BCUT2D eigenvalue weighted by Crippen LogP contribution is -2.40. The number of carbonyl (C=O) groups is 1. The molecule has 0 spiro atoms. The standard InChI is InChI=1S/C33H40N8O5S/c1-33(2,3)46-32(42)39(16-22-7-6-8-22)18-23-10-11-30-35-24(19-38(30)17-23)20-40-21-28(36-37-40)26-13-25(47(43)44)14-29-27(26)15-34-41(29)31-9-4-5-12-45-31/h10-11,13-15,17,19,21-22,31H,4-9,12,16,18,20H2,1-3H3,(H,43,44). The summed E-state index contributed by atoms with van der Waals surface area (Å²) in [6.45, 7) is 7.85.